The molecule has 1 aliphatic rings. The average Bonchev–Trinajstić information content (AvgIpc) is 2.55. The molecule has 0 saturated heterocycles. The van der Waals surface area contributed by atoms with Crippen LogP contribution in [0.3, 0.4) is 0 Å². The molecule has 1 aromatic carbocycles. The van der Waals surface area contributed by atoms with Crippen molar-refractivity contribution < 1.29 is 19.4 Å². The topological polar surface area (TPSA) is 75.6 Å². The quantitative estimate of drug-likeness (QED) is 0.757. The summed E-state index contributed by atoms with van der Waals surface area (Å²) in [7, 11) is 0. The summed E-state index contributed by atoms with van der Waals surface area (Å²) >= 11 is 0. The highest BCUT2D eigenvalue weighted by atomic mass is 16.5. The van der Waals surface area contributed by atoms with Gasteiger partial charge >= 0.3 is 5.97 Å². The molecule has 1 atom stereocenters. The first-order valence-electron chi connectivity index (χ1n) is 7.51. The summed E-state index contributed by atoms with van der Waals surface area (Å²) in [5.41, 5.74) is 1.08. The molecule has 0 radical (unpaired) electrons. The summed E-state index contributed by atoms with van der Waals surface area (Å²) in [6.07, 6.45) is 7.68. The van der Waals surface area contributed by atoms with Gasteiger partial charge in [-0.1, -0.05) is 24.3 Å². The normalized spacial score (nSPS) is 17.0. The molecule has 2 rings (SSSR count). The van der Waals surface area contributed by atoms with E-state index in [0.29, 0.717) is 12.3 Å². The second kappa shape index (κ2) is 8.22. The molecule has 0 saturated carbocycles. The van der Waals surface area contributed by atoms with Gasteiger partial charge in [0.25, 0.3) is 0 Å². The highest BCUT2D eigenvalue weighted by Gasteiger charge is 2.17. The summed E-state index contributed by atoms with van der Waals surface area (Å²) in [6.45, 7) is 0.264. The number of rotatable bonds is 7. The van der Waals surface area contributed by atoms with E-state index in [0.717, 1.165) is 31.2 Å². The molecular weight excluding hydrogens is 282 g/mol. The fourth-order valence-electron chi connectivity index (χ4n) is 2.40. The second-order valence-electron chi connectivity index (χ2n) is 5.35. The van der Waals surface area contributed by atoms with Crippen LogP contribution in [0, 0.1) is 5.92 Å². The van der Waals surface area contributed by atoms with Crippen LogP contribution in [0.15, 0.2) is 36.4 Å². The van der Waals surface area contributed by atoms with Crippen molar-refractivity contribution in [1.29, 1.82) is 0 Å². The minimum absolute atomic E-state index is 0.108. The maximum atomic E-state index is 12.0. The molecule has 0 spiro atoms. The van der Waals surface area contributed by atoms with Gasteiger partial charge in [0, 0.05) is 12.5 Å². The van der Waals surface area contributed by atoms with E-state index in [1.54, 1.807) is 12.1 Å². The number of nitrogens with one attached hydrogen (secondary N) is 1. The highest BCUT2D eigenvalue weighted by molar-refractivity contribution is 5.78. The number of carbonyl (C=O) groups is 2. The Kier molecular flexibility index (Phi) is 6.01. The van der Waals surface area contributed by atoms with Crippen LogP contribution in [0.4, 0.5) is 0 Å². The Balaban J connectivity index is 1.71. The maximum absolute atomic E-state index is 12.0. The molecule has 0 bridgehead atoms. The number of carboxylic acids is 1. The summed E-state index contributed by atoms with van der Waals surface area (Å²) in [6, 6.07) is 7.25. The fraction of sp³-hybridized carbons (Fsp3) is 0.412. The van der Waals surface area contributed by atoms with E-state index in [-0.39, 0.29) is 18.4 Å². The van der Waals surface area contributed by atoms with Gasteiger partial charge in [0.1, 0.15) is 5.75 Å². The van der Waals surface area contributed by atoms with Crippen LogP contribution in [-0.2, 0) is 16.0 Å². The third kappa shape index (κ3) is 5.24. The summed E-state index contributed by atoms with van der Waals surface area (Å²) in [4.78, 5) is 22.4. The highest BCUT2D eigenvalue weighted by Crippen LogP contribution is 2.18. The van der Waals surface area contributed by atoms with Crippen LogP contribution >= 0.6 is 0 Å². The van der Waals surface area contributed by atoms with E-state index in [9.17, 15) is 9.59 Å². The van der Waals surface area contributed by atoms with Crippen LogP contribution in [0.2, 0.25) is 0 Å². The summed E-state index contributed by atoms with van der Waals surface area (Å²) < 4.78 is 5.07. The maximum Gasteiger partial charge on any atom is 0.341 e. The van der Waals surface area contributed by atoms with E-state index >= 15 is 0 Å². The lowest BCUT2D eigenvalue weighted by Gasteiger charge is -2.17. The zero-order chi connectivity index (χ0) is 15.8. The van der Waals surface area contributed by atoms with Crippen molar-refractivity contribution in [3.63, 3.8) is 0 Å². The van der Waals surface area contributed by atoms with Crippen molar-refractivity contribution in [2.45, 2.75) is 25.7 Å². The number of allylic oxidation sites excluding steroid dienone is 2. The predicted molar refractivity (Wildman–Crippen MR) is 82.8 cm³/mol. The molecule has 0 aromatic heterocycles. The van der Waals surface area contributed by atoms with Crippen molar-refractivity contribution >= 4 is 11.9 Å². The van der Waals surface area contributed by atoms with Gasteiger partial charge in [-0.25, -0.2) is 4.79 Å². The lowest BCUT2D eigenvalue weighted by molar-refractivity contribution is -0.139. The van der Waals surface area contributed by atoms with Gasteiger partial charge in [-0.15, -0.1) is 0 Å². The zero-order valence-electron chi connectivity index (χ0n) is 12.5. The van der Waals surface area contributed by atoms with E-state index in [1.165, 1.54) is 0 Å². The van der Waals surface area contributed by atoms with Gasteiger partial charge in [0.15, 0.2) is 6.61 Å². The number of carbonyl (C=O) groups excluding carboxylic acids is 1. The first-order valence-corrected chi connectivity index (χ1v) is 7.51. The molecule has 5 nitrogen and oxygen atoms in total. The van der Waals surface area contributed by atoms with Gasteiger partial charge in [0.2, 0.25) is 5.91 Å². The van der Waals surface area contributed by atoms with E-state index in [1.807, 2.05) is 12.1 Å². The van der Waals surface area contributed by atoms with Crippen molar-refractivity contribution in [3.8, 4) is 5.75 Å². The Morgan fingerprint density at radius 2 is 2.00 bits per heavy atom. The molecule has 22 heavy (non-hydrogen) atoms. The third-order valence-corrected chi connectivity index (χ3v) is 3.64. The Hall–Kier alpha value is -2.30. The number of aliphatic carboxylic acids is 1. The molecule has 1 unspecified atom stereocenters. The molecule has 0 aliphatic heterocycles. The molecule has 5 heteroatoms. The Bertz CT molecular complexity index is 536. The van der Waals surface area contributed by atoms with Crippen molar-refractivity contribution in [3.05, 3.63) is 42.0 Å². The van der Waals surface area contributed by atoms with Gasteiger partial charge in [-0.3, -0.25) is 4.79 Å². The van der Waals surface area contributed by atoms with E-state index in [2.05, 4.69) is 17.5 Å². The van der Waals surface area contributed by atoms with E-state index in [4.69, 9.17) is 9.84 Å². The Labute approximate surface area is 130 Å². The molecule has 2 N–H and O–H groups in total. The van der Waals surface area contributed by atoms with Crippen LogP contribution in [0.5, 0.6) is 5.75 Å². The smallest absolute Gasteiger partial charge is 0.341 e. The molecule has 1 aromatic rings. The molecular formula is C17H21NO4. The lowest BCUT2D eigenvalue weighted by Crippen LogP contribution is -2.32. The number of hydrogen-bond donors (Lipinski definition) is 2. The fourth-order valence-corrected chi connectivity index (χ4v) is 2.40. The number of amides is 1. The number of benzene rings is 1. The molecule has 1 aliphatic carbocycles. The Morgan fingerprint density at radius 3 is 2.64 bits per heavy atom. The number of hydrogen-bond acceptors (Lipinski definition) is 3. The molecule has 0 heterocycles. The third-order valence-electron chi connectivity index (χ3n) is 3.64. The van der Waals surface area contributed by atoms with Gasteiger partial charge in [-0.2, -0.15) is 0 Å². The van der Waals surface area contributed by atoms with Gasteiger partial charge in [-0.05, 0) is 43.4 Å². The first kappa shape index (κ1) is 16.1. The van der Waals surface area contributed by atoms with Crippen molar-refractivity contribution in [2.24, 2.45) is 5.92 Å². The second-order valence-corrected chi connectivity index (χ2v) is 5.35. The summed E-state index contributed by atoms with van der Waals surface area (Å²) in [5, 5.41) is 11.5. The minimum Gasteiger partial charge on any atom is -0.482 e. The zero-order valence-corrected chi connectivity index (χ0v) is 12.5. The van der Waals surface area contributed by atoms with Gasteiger partial charge in [0.05, 0.1) is 0 Å². The Morgan fingerprint density at radius 1 is 1.23 bits per heavy atom. The minimum atomic E-state index is -0.996. The van der Waals surface area contributed by atoms with Crippen LogP contribution in [0.1, 0.15) is 24.8 Å². The number of ether oxygens (including phenoxy) is 1. The summed E-state index contributed by atoms with van der Waals surface area (Å²) in [5.74, 6) is -0.226. The molecule has 118 valence electrons. The van der Waals surface area contributed by atoms with Crippen LogP contribution in [0.25, 0.3) is 0 Å². The standard InChI is InChI=1S/C17H21NO4/c19-16(20)12-22-15-8-6-13(7-9-15)10-11-18-17(21)14-4-2-1-3-5-14/h1-2,6-9,14H,3-5,10-12H2,(H,18,21)(H,19,20). The van der Waals surface area contributed by atoms with Gasteiger partial charge < -0.3 is 15.2 Å². The van der Waals surface area contributed by atoms with E-state index < -0.39 is 5.97 Å². The lowest BCUT2D eigenvalue weighted by atomic mass is 9.93. The molecule has 0 fully saturated rings. The number of carboxylic acid groups (broad SMARTS) is 1. The first-order chi connectivity index (χ1) is 10.6. The van der Waals surface area contributed by atoms with Crippen molar-refractivity contribution in [1.82, 2.24) is 5.32 Å². The largest absolute Gasteiger partial charge is 0.482 e. The monoisotopic (exact) mass is 303 g/mol. The SMILES string of the molecule is O=C(O)COc1ccc(CCNC(=O)C2CC=CCC2)cc1. The average molecular weight is 303 g/mol. The van der Waals surface area contributed by atoms with Crippen LogP contribution in [-0.4, -0.2) is 30.1 Å². The van der Waals surface area contributed by atoms with Crippen molar-refractivity contribution in [2.75, 3.05) is 13.2 Å². The molecule has 1 amide bonds. The predicted octanol–water partition coefficient (Wildman–Crippen LogP) is 2.17. The van der Waals surface area contributed by atoms with Crippen LogP contribution < -0.4 is 10.1 Å².